The number of hydrogen-bond acceptors (Lipinski definition) is 3. The molecule has 1 rings (SSSR count). The van der Waals surface area contributed by atoms with Crippen LogP contribution in [0.15, 0.2) is 0 Å². The van der Waals surface area contributed by atoms with Gasteiger partial charge in [0.15, 0.2) is 0 Å². The van der Waals surface area contributed by atoms with E-state index in [4.69, 9.17) is 10.8 Å². The molecule has 5 nitrogen and oxygen atoms in total. The van der Waals surface area contributed by atoms with Crippen LogP contribution in [0.3, 0.4) is 0 Å². The second-order valence-corrected chi connectivity index (χ2v) is 4.96. The van der Waals surface area contributed by atoms with Gasteiger partial charge in [-0.3, -0.25) is 4.79 Å². The molecule has 1 amide bonds. The first-order chi connectivity index (χ1) is 6.68. The SMILES string of the molecule is CC(C)(N)C(=O)NC(C)(C(=O)O)C1CC1. The Morgan fingerprint density at radius 2 is 1.80 bits per heavy atom. The summed E-state index contributed by atoms with van der Waals surface area (Å²) >= 11 is 0. The minimum Gasteiger partial charge on any atom is -0.480 e. The Morgan fingerprint density at radius 1 is 1.33 bits per heavy atom. The van der Waals surface area contributed by atoms with Gasteiger partial charge in [0.1, 0.15) is 5.54 Å². The van der Waals surface area contributed by atoms with Crippen LogP contribution in [-0.2, 0) is 9.59 Å². The van der Waals surface area contributed by atoms with Crippen molar-refractivity contribution < 1.29 is 14.7 Å². The average molecular weight is 214 g/mol. The fourth-order valence-corrected chi connectivity index (χ4v) is 1.39. The van der Waals surface area contributed by atoms with E-state index >= 15 is 0 Å². The molecule has 15 heavy (non-hydrogen) atoms. The predicted molar refractivity (Wildman–Crippen MR) is 55.2 cm³/mol. The lowest BCUT2D eigenvalue weighted by Crippen LogP contribution is -2.60. The van der Waals surface area contributed by atoms with Gasteiger partial charge in [0.05, 0.1) is 5.54 Å². The molecule has 5 heteroatoms. The maximum Gasteiger partial charge on any atom is 0.329 e. The third-order valence-electron chi connectivity index (χ3n) is 2.80. The molecule has 1 aliphatic rings. The minimum atomic E-state index is -1.17. The topological polar surface area (TPSA) is 92.4 Å². The highest BCUT2D eigenvalue weighted by Gasteiger charge is 2.49. The fraction of sp³-hybridized carbons (Fsp3) is 0.800. The molecule has 1 saturated carbocycles. The summed E-state index contributed by atoms with van der Waals surface area (Å²) in [6, 6.07) is 0. The summed E-state index contributed by atoms with van der Waals surface area (Å²) in [5.41, 5.74) is 3.38. The molecule has 1 unspecified atom stereocenters. The summed E-state index contributed by atoms with van der Waals surface area (Å²) in [5, 5.41) is 11.6. The van der Waals surface area contributed by atoms with Crippen molar-refractivity contribution in [3.63, 3.8) is 0 Å². The van der Waals surface area contributed by atoms with Crippen LogP contribution in [0.25, 0.3) is 0 Å². The van der Waals surface area contributed by atoms with Gasteiger partial charge in [-0.15, -0.1) is 0 Å². The van der Waals surface area contributed by atoms with Crippen molar-refractivity contribution >= 4 is 11.9 Å². The van der Waals surface area contributed by atoms with Crippen LogP contribution in [0.1, 0.15) is 33.6 Å². The Morgan fingerprint density at radius 3 is 2.07 bits per heavy atom. The van der Waals surface area contributed by atoms with Crippen molar-refractivity contribution in [2.75, 3.05) is 0 Å². The van der Waals surface area contributed by atoms with E-state index in [-0.39, 0.29) is 5.92 Å². The van der Waals surface area contributed by atoms with Crippen LogP contribution in [-0.4, -0.2) is 28.1 Å². The highest BCUT2D eigenvalue weighted by Crippen LogP contribution is 2.39. The van der Waals surface area contributed by atoms with Gasteiger partial charge in [-0.25, -0.2) is 4.79 Å². The zero-order valence-electron chi connectivity index (χ0n) is 9.33. The molecule has 1 fully saturated rings. The summed E-state index contributed by atoms with van der Waals surface area (Å²) in [5.74, 6) is -1.40. The Balaban J connectivity index is 2.76. The number of nitrogens with two attached hydrogens (primary N) is 1. The summed E-state index contributed by atoms with van der Waals surface area (Å²) in [6.45, 7) is 4.64. The molecule has 0 aromatic carbocycles. The van der Waals surface area contributed by atoms with Gasteiger partial charge < -0.3 is 16.2 Å². The Labute approximate surface area is 89.0 Å². The molecule has 86 valence electrons. The lowest BCUT2D eigenvalue weighted by atomic mass is 9.94. The highest BCUT2D eigenvalue weighted by molar-refractivity contribution is 5.91. The largest absolute Gasteiger partial charge is 0.480 e. The van der Waals surface area contributed by atoms with Gasteiger partial charge in [-0.1, -0.05) is 0 Å². The standard InChI is InChI=1S/C10H18N2O3/c1-9(2,11)7(13)12-10(3,8(14)15)6-4-5-6/h6H,4-5,11H2,1-3H3,(H,12,13)(H,14,15). The number of aliphatic carboxylic acids is 1. The summed E-state index contributed by atoms with van der Waals surface area (Å²) < 4.78 is 0. The first-order valence-electron chi connectivity index (χ1n) is 5.03. The second-order valence-electron chi connectivity index (χ2n) is 4.96. The Bertz CT molecular complexity index is 292. The molecule has 0 aromatic rings. The van der Waals surface area contributed by atoms with Crippen molar-refractivity contribution in [1.82, 2.24) is 5.32 Å². The molecule has 1 atom stereocenters. The zero-order valence-corrected chi connectivity index (χ0v) is 9.33. The van der Waals surface area contributed by atoms with E-state index in [1.165, 1.54) is 6.92 Å². The molecule has 0 aliphatic heterocycles. The van der Waals surface area contributed by atoms with E-state index in [1.54, 1.807) is 13.8 Å². The molecule has 1 aliphatic carbocycles. The number of amides is 1. The van der Waals surface area contributed by atoms with E-state index in [0.29, 0.717) is 0 Å². The lowest BCUT2D eigenvalue weighted by molar-refractivity contribution is -0.148. The number of carbonyl (C=O) groups excluding carboxylic acids is 1. The third-order valence-corrected chi connectivity index (χ3v) is 2.80. The average Bonchev–Trinajstić information content (AvgIpc) is 2.83. The number of nitrogens with one attached hydrogen (secondary N) is 1. The molecular formula is C10H18N2O3. The van der Waals surface area contributed by atoms with Crippen molar-refractivity contribution in [2.45, 2.75) is 44.7 Å². The minimum absolute atomic E-state index is 0.0290. The van der Waals surface area contributed by atoms with Crippen LogP contribution >= 0.6 is 0 Å². The molecule has 4 N–H and O–H groups in total. The van der Waals surface area contributed by atoms with Crippen molar-refractivity contribution in [3.8, 4) is 0 Å². The van der Waals surface area contributed by atoms with E-state index in [9.17, 15) is 9.59 Å². The van der Waals surface area contributed by atoms with E-state index < -0.39 is 23.0 Å². The first kappa shape index (κ1) is 12.0. The van der Waals surface area contributed by atoms with Crippen LogP contribution in [0, 0.1) is 5.92 Å². The van der Waals surface area contributed by atoms with Crippen LogP contribution in [0.4, 0.5) is 0 Å². The van der Waals surface area contributed by atoms with Crippen LogP contribution < -0.4 is 11.1 Å². The predicted octanol–water partition coefficient (Wildman–Crippen LogP) is 0.0932. The van der Waals surface area contributed by atoms with Crippen molar-refractivity contribution in [3.05, 3.63) is 0 Å². The maximum absolute atomic E-state index is 11.6. The molecule has 0 radical (unpaired) electrons. The molecule has 0 heterocycles. The van der Waals surface area contributed by atoms with Crippen LogP contribution in [0.2, 0.25) is 0 Å². The smallest absolute Gasteiger partial charge is 0.329 e. The molecule has 0 spiro atoms. The Hall–Kier alpha value is -1.10. The van der Waals surface area contributed by atoms with Crippen molar-refractivity contribution in [1.29, 1.82) is 0 Å². The maximum atomic E-state index is 11.6. The summed E-state index contributed by atoms with van der Waals surface area (Å²) in [6.07, 6.45) is 1.68. The monoisotopic (exact) mass is 214 g/mol. The summed E-state index contributed by atoms with van der Waals surface area (Å²) in [7, 11) is 0. The van der Waals surface area contributed by atoms with Crippen LogP contribution in [0.5, 0.6) is 0 Å². The number of carbonyl (C=O) groups is 2. The molecule has 0 bridgehead atoms. The first-order valence-corrected chi connectivity index (χ1v) is 5.03. The normalized spacial score (nSPS) is 20.5. The molecule has 0 aromatic heterocycles. The Kier molecular flexibility index (Phi) is 2.78. The second kappa shape index (κ2) is 3.48. The zero-order chi connectivity index (χ0) is 11.9. The quantitative estimate of drug-likeness (QED) is 0.618. The number of carboxylic acids is 1. The van der Waals surface area contributed by atoms with Gasteiger partial charge >= 0.3 is 5.97 Å². The van der Waals surface area contributed by atoms with E-state index in [2.05, 4.69) is 5.32 Å². The molecule has 0 saturated heterocycles. The van der Waals surface area contributed by atoms with E-state index in [1.807, 2.05) is 0 Å². The van der Waals surface area contributed by atoms with Gasteiger partial charge in [0, 0.05) is 0 Å². The van der Waals surface area contributed by atoms with Crippen molar-refractivity contribution in [2.24, 2.45) is 11.7 Å². The lowest BCUT2D eigenvalue weighted by Gasteiger charge is -2.29. The van der Waals surface area contributed by atoms with Gasteiger partial charge in [0.25, 0.3) is 0 Å². The number of rotatable bonds is 4. The number of carboxylic acid groups (broad SMARTS) is 1. The number of hydrogen-bond donors (Lipinski definition) is 3. The van der Waals surface area contributed by atoms with Gasteiger partial charge in [-0.2, -0.15) is 0 Å². The third kappa shape index (κ3) is 2.47. The molecular weight excluding hydrogens is 196 g/mol. The fourth-order valence-electron chi connectivity index (χ4n) is 1.39. The van der Waals surface area contributed by atoms with E-state index in [0.717, 1.165) is 12.8 Å². The van der Waals surface area contributed by atoms with Gasteiger partial charge in [-0.05, 0) is 39.5 Å². The highest BCUT2D eigenvalue weighted by atomic mass is 16.4. The van der Waals surface area contributed by atoms with Gasteiger partial charge in [0.2, 0.25) is 5.91 Å². The summed E-state index contributed by atoms with van der Waals surface area (Å²) in [4.78, 5) is 22.7.